The fraction of sp³-hybridized carbons (Fsp3) is 0.929. The molecule has 18 heavy (non-hydrogen) atoms. The molecule has 1 heterocycles. The molecule has 1 atom stereocenters. The molecule has 1 amide bonds. The summed E-state index contributed by atoms with van der Waals surface area (Å²) < 4.78 is 5.17. The van der Waals surface area contributed by atoms with Crippen molar-refractivity contribution in [1.29, 1.82) is 0 Å². The molecule has 4 nitrogen and oxygen atoms in total. The number of nitrogens with zero attached hydrogens (tertiary/aromatic N) is 1. The van der Waals surface area contributed by atoms with Crippen molar-refractivity contribution in [3.8, 4) is 0 Å². The molecule has 1 saturated heterocycles. The number of ether oxygens (including phenoxy) is 1. The molecule has 0 aliphatic carbocycles. The SMILES string of the molecule is CCC1(CC)CCN(C(=O)CC(CN)OC)CC1. The Morgan fingerprint density at radius 1 is 1.33 bits per heavy atom. The van der Waals surface area contributed by atoms with Crippen LogP contribution in [0.5, 0.6) is 0 Å². The van der Waals surface area contributed by atoms with E-state index in [1.54, 1.807) is 7.11 Å². The average molecular weight is 256 g/mol. The highest BCUT2D eigenvalue weighted by Crippen LogP contribution is 2.37. The van der Waals surface area contributed by atoms with E-state index >= 15 is 0 Å². The number of amides is 1. The van der Waals surface area contributed by atoms with E-state index in [9.17, 15) is 4.79 Å². The van der Waals surface area contributed by atoms with Crippen LogP contribution >= 0.6 is 0 Å². The van der Waals surface area contributed by atoms with E-state index in [0.29, 0.717) is 18.4 Å². The summed E-state index contributed by atoms with van der Waals surface area (Å²) >= 11 is 0. The summed E-state index contributed by atoms with van der Waals surface area (Å²) in [6, 6.07) is 0. The van der Waals surface area contributed by atoms with E-state index in [1.807, 2.05) is 4.90 Å². The first-order valence-corrected chi connectivity index (χ1v) is 7.11. The summed E-state index contributed by atoms with van der Waals surface area (Å²) in [5, 5.41) is 0. The maximum Gasteiger partial charge on any atom is 0.225 e. The minimum Gasteiger partial charge on any atom is -0.380 e. The number of piperidine rings is 1. The molecule has 1 rings (SSSR count). The Bertz CT molecular complexity index is 251. The Kier molecular flexibility index (Phi) is 6.09. The van der Waals surface area contributed by atoms with Crippen molar-refractivity contribution in [2.75, 3.05) is 26.7 Å². The van der Waals surface area contributed by atoms with Gasteiger partial charge in [-0.05, 0) is 18.3 Å². The van der Waals surface area contributed by atoms with Gasteiger partial charge in [-0.25, -0.2) is 0 Å². The minimum atomic E-state index is -0.137. The number of carbonyl (C=O) groups excluding carboxylic acids is 1. The molecular weight excluding hydrogens is 228 g/mol. The first-order chi connectivity index (χ1) is 8.60. The van der Waals surface area contributed by atoms with Gasteiger partial charge < -0.3 is 15.4 Å². The van der Waals surface area contributed by atoms with Gasteiger partial charge in [0.2, 0.25) is 5.91 Å². The minimum absolute atomic E-state index is 0.137. The van der Waals surface area contributed by atoms with Crippen LogP contribution in [0.4, 0.5) is 0 Å². The second kappa shape index (κ2) is 7.10. The fourth-order valence-corrected chi connectivity index (χ4v) is 2.77. The normalized spacial score (nSPS) is 20.8. The number of carbonyl (C=O) groups is 1. The summed E-state index contributed by atoms with van der Waals surface area (Å²) in [5.74, 6) is 0.188. The van der Waals surface area contributed by atoms with Gasteiger partial charge in [-0.2, -0.15) is 0 Å². The Labute approximate surface area is 111 Å². The Hall–Kier alpha value is -0.610. The van der Waals surface area contributed by atoms with Crippen LogP contribution in [-0.2, 0) is 9.53 Å². The van der Waals surface area contributed by atoms with Gasteiger partial charge in [0, 0.05) is 26.7 Å². The Morgan fingerprint density at radius 2 is 1.89 bits per heavy atom. The van der Waals surface area contributed by atoms with Crippen LogP contribution in [0.3, 0.4) is 0 Å². The quantitative estimate of drug-likeness (QED) is 0.788. The Balaban J connectivity index is 2.45. The van der Waals surface area contributed by atoms with Crippen molar-refractivity contribution in [3.63, 3.8) is 0 Å². The van der Waals surface area contributed by atoms with Crippen molar-refractivity contribution in [2.45, 2.75) is 52.1 Å². The molecule has 0 bridgehead atoms. The van der Waals surface area contributed by atoms with Crippen LogP contribution in [-0.4, -0.2) is 43.7 Å². The lowest BCUT2D eigenvalue weighted by molar-refractivity contribution is -0.136. The van der Waals surface area contributed by atoms with Gasteiger partial charge in [0.15, 0.2) is 0 Å². The third-order valence-electron chi connectivity index (χ3n) is 4.68. The number of nitrogens with two attached hydrogens (primary N) is 1. The van der Waals surface area contributed by atoms with Crippen LogP contribution in [0.25, 0.3) is 0 Å². The molecule has 4 heteroatoms. The fourth-order valence-electron chi connectivity index (χ4n) is 2.77. The zero-order valence-electron chi connectivity index (χ0n) is 12.1. The second-order valence-electron chi connectivity index (χ2n) is 5.39. The smallest absolute Gasteiger partial charge is 0.225 e. The number of likely N-dealkylation sites (tertiary alicyclic amines) is 1. The van der Waals surface area contributed by atoms with Crippen LogP contribution in [0.1, 0.15) is 46.0 Å². The Morgan fingerprint density at radius 3 is 2.28 bits per heavy atom. The predicted molar refractivity (Wildman–Crippen MR) is 73.3 cm³/mol. The average Bonchev–Trinajstić information content (AvgIpc) is 2.44. The summed E-state index contributed by atoms with van der Waals surface area (Å²) in [6.07, 6.45) is 4.97. The molecular formula is C14H28N2O2. The first-order valence-electron chi connectivity index (χ1n) is 7.11. The first kappa shape index (κ1) is 15.4. The van der Waals surface area contributed by atoms with Gasteiger partial charge in [0.05, 0.1) is 12.5 Å². The van der Waals surface area contributed by atoms with Gasteiger partial charge >= 0.3 is 0 Å². The highest BCUT2D eigenvalue weighted by Gasteiger charge is 2.33. The molecule has 0 aromatic carbocycles. The van der Waals surface area contributed by atoms with Crippen LogP contribution in [0, 0.1) is 5.41 Å². The zero-order chi connectivity index (χ0) is 13.6. The molecule has 0 spiro atoms. The lowest BCUT2D eigenvalue weighted by Gasteiger charge is -2.41. The third-order valence-corrected chi connectivity index (χ3v) is 4.68. The molecule has 1 fully saturated rings. The maximum absolute atomic E-state index is 12.1. The molecule has 1 aliphatic rings. The molecule has 1 unspecified atom stereocenters. The molecule has 0 saturated carbocycles. The summed E-state index contributed by atoms with van der Waals surface area (Å²) in [4.78, 5) is 14.1. The number of rotatable bonds is 6. The number of hydrogen-bond acceptors (Lipinski definition) is 3. The van der Waals surface area contributed by atoms with Crippen molar-refractivity contribution in [1.82, 2.24) is 4.90 Å². The molecule has 106 valence electrons. The maximum atomic E-state index is 12.1. The van der Waals surface area contributed by atoms with Gasteiger partial charge in [0.1, 0.15) is 0 Å². The van der Waals surface area contributed by atoms with E-state index in [0.717, 1.165) is 25.9 Å². The second-order valence-corrected chi connectivity index (χ2v) is 5.39. The van der Waals surface area contributed by atoms with Gasteiger partial charge in [-0.3, -0.25) is 4.79 Å². The van der Waals surface area contributed by atoms with E-state index in [-0.39, 0.29) is 12.0 Å². The van der Waals surface area contributed by atoms with E-state index in [4.69, 9.17) is 10.5 Å². The highest BCUT2D eigenvalue weighted by atomic mass is 16.5. The lowest BCUT2D eigenvalue weighted by atomic mass is 9.74. The number of methoxy groups -OCH3 is 1. The van der Waals surface area contributed by atoms with Crippen LogP contribution in [0.2, 0.25) is 0 Å². The van der Waals surface area contributed by atoms with Crippen LogP contribution < -0.4 is 5.73 Å². The molecule has 1 aliphatic heterocycles. The summed E-state index contributed by atoms with van der Waals surface area (Å²) in [5.41, 5.74) is 6.02. The molecule has 2 N–H and O–H groups in total. The largest absolute Gasteiger partial charge is 0.380 e. The summed E-state index contributed by atoms with van der Waals surface area (Å²) in [6.45, 7) is 6.71. The van der Waals surface area contributed by atoms with E-state index < -0.39 is 0 Å². The van der Waals surface area contributed by atoms with E-state index in [1.165, 1.54) is 12.8 Å². The monoisotopic (exact) mass is 256 g/mol. The lowest BCUT2D eigenvalue weighted by Crippen LogP contribution is -2.44. The molecule has 0 aromatic heterocycles. The molecule has 0 aromatic rings. The zero-order valence-corrected chi connectivity index (χ0v) is 12.1. The van der Waals surface area contributed by atoms with Gasteiger partial charge in [0.25, 0.3) is 0 Å². The third kappa shape index (κ3) is 3.69. The van der Waals surface area contributed by atoms with Crippen molar-refractivity contribution >= 4 is 5.91 Å². The topological polar surface area (TPSA) is 55.6 Å². The molecule has 0 radical (unpaired) electrons. The van der Waals surface area contributed by atoms with Gasteiger partial charge in [-0.15, -0.1) is 0 Å². The standard InChI is InChI=1S/C14H28N2O2/c1-4-14(5-2)6-8-16(9-7-14)13(17)10-12(11-15)18-3/h12H,4-11,15H2,1-3H3. The van der Waals surface area contributed by atoms with Crippen molar-refractivity contribution in [3.05, 3.63) is 0 Å². The predicted octanol–water partition coefficient (Wildman–Crippen LogP) is 1.78. The summed E-state index contributed by atoms with van der Waals surface area (Å²) in [7, 11) is 1.61. The van der Waals surface area contributed by atoms with Crippen molar-refractivity contribution in [2.24, 2.45) is 11.1 Å². The van der Waals surface area contributed by atoms with Crippen LogP contribution in [0.15, 0.2) is 0 Å². The van der Waals surface area contributed by atoms with E-state index in [2.05, 4.69) is 13.8 Å². The number of hydrogen-bond donors (Lipinski definition) is 1. The van der Waals surface area contributed by atoms with Crippen molar-refractivity contribution < 1.29 is 9.53 Å². The van der Waals surface area contributed by atoms with Gasteiger partial charge in [-0.1, -0.05) is 26.7 Å². The highest BCUT2D eigenvalue weighted by molar-refractivity contribution is 5.76.